The number of rotatable bonds is 6. The molecule has 0 atom stereocenters. The third-order valence-corrected chi connectivity index (χ3v) is 7.08. The minimum Gasteiger partial charge on any atom is -0.507 e. The van der Waals surface area contributed by atoms with Gasteiger partial charge in [0.1, 0.15) is 11.4 Å². The first-order valence-corrected chi connectivity index (χ1v) is 12.1. The fourth-order valence-corrected chi connectivity index (χ4v) is 4.75. The highest BCUT2D eigenvalue weighted by molar-refractivity contribution is 7.92. The summed E-state index contributed by atoms with van der Waals surface area (Å²) in [6.45, 7) is 1.35. The quantitative estimate of drug-likeness (QED) is 0.524. The molecule has 34 heavy (non-hydrogen) atoms. The van der Waals surface area contributed by atoms with Gasteiger partial charge in [-0.15, -0.1) is 0 Å². The van der Waals surface area contributed by atoms with Crippen LogP contribution in [0.1, 0.15) is 16.1 Å². The number of amides is 1. The van der Waals surface area contributed by atoms with Crippen molar-refractivity contribution in [1.82, 2.24) is 19.3 Å². The first-order valence-electron chi connectivity index (χ1n) is 10.2. The first-order chi connectivity index (χ1) is 16.2. The van der Waals surface area contributed by atoms with E-state index in [1.54, 1.807) is 36.7 Å². The molecule has 1 amide bonds. The van der Waals surface area contributed by atoms with Gasteiger partial charge in [0.05, 0.1) is 0 Å². The van der Waals surface area contributed by atoms with E-state index in [2.05, 4.69) is 15.0 Å². The highest BCUT2D eigenvalue weighted by atomic mass is 35.5. The van der Waals surface area contributed by atoms with Crippen LogP contribution < -0.4 is 10.6 Å². The number of hydrogen-bond acceptors (Lipinski definition) is 8. The summed E-state index contributed by atoms with van der Waals surface area (Å²) < 4.78 is 26.8. The van der Waals surface area contributed by atoms with Crippen molar-refractivity contribution in [3.63, 3.8) is 0 Å². The largest absolute Gasteiger partial charge is 0.507 e. The zero-order valence-corrected chi connectivity index (χ0v) is 19.4. The normalized spacial score (nSPS) is 15.0. The topological polar surface area (TPSA) is 143 Å². The molecular weight excluding hydrogens is 480 g/mol. The average Bonchev–Trinajstić information content (AvgIpc) is 2.84. The Morgan fingerprint density at radius 2 is 1.74 bits per heavy atom. The summed E-state index contributed by atoms with van der Waals surface area (Å²) in [4.78, 5) is 25.9. The summed E-state index contributed by atoms with van der Waals surface area (Å²) in [7, 11) is -3.67. The van der Waals surface area contributed by atoms with E-state index < -0.39 is 15.9 Å². The summed E-state index contributed by atoms with van der Waals surface area (Å²) >= 11 is 5.81. The zero-order valence-electron chi connectivity index (χ0n) is 17.9. The molecule has 1 fully saturated rings. The lowest BCUT2D eigenvalue weighted by Gasteiger charge is -2.33. The maximum absolute atomic E-state index is 12.7. The van der Waals surface area contributed by atoms with Crippen molar-refractivity contribution in [2.75, 3.05) is 31.1 Å². The molecule has 3 N–H and O–H groups in total. The number of benzene rings is 1. The number of piperazine rings is 1. The lowest BCUT2D eigenvalue weighted by atomic mass is 10.1. The number of phenolic OH excluding ortho intramolecular Hbond substituents is 1. The molecule has 0 bridgehead atoms. The van der Waals surface area contributed by atoms with Crippen molar-refractivity contribution >= 4 is 39.6 Å². The number of carbonyl (C=O) groups is 1. The third-order valence-electron chi connectivity index (χ3n) is 5.28. The molecule has 12 heteroatoms. The Morgan fingerprint density at radius 3 is 2.38 bits per heavy atom. The third kappa shape index (κ3) is 5.33. The Hall–Kier alpha value is -3.54. The van der Waals surface area contributed by atoms with Gasteiger partial charge in [-0.25, -0.2) is 18.4 Å². The number of nitrogens with two attached hydrogens (primary N) is 1. The van der Waals surface area contributed by atoms with E-state index in [4.69, 9.17) is 17.3 Å². The molecular formula is C22H21ClN6O4S. The average molecular weight is 501 g/mol. The number of phenols is 1. The summed E-state index contributed by atoms with van der Waals surface area (Å²) in [5.41, 5.74) is 7.20. The second-order valence-electron chi connectivity index (χ2n) is 7.50. The maximum Gasteiger partial charge on any atom is 0.267 e. The molecule has 0 aliphatic carbocycles. The number of primary amides is 1. The Balaban J connectivity index is 1.40. The lowest BCUT2D eigenvalue weighted by molar-refractivity contribution is 0.0995. The zero-order chi connectivity index (χ0) is 24.3. The van der Waals surface area contributed by atoms with Crippen LogP contribution in [0.15, 0.2) is 54.3 Å². The van der Waals surface area contributed by atoms with Gasteiger partial charge in [-0.1, -0.05) is 11.6 Å². The molecule has 4 rings (SSSR count). The van der Waals surface area contributed by atoms with Crippen molar-refractivity contribution in [3.05, 3.63) is 70.6 Å². The van der Waals surface area contributed by atoms with Crippen LogP contribution in [0.25, 0.3) is 17.2 Å². The van der Waals surface area contributed by atoms with Gasteiger partial charge in [-0.05, 0) is 42.0 Å². The number of anilines is 1. The molecule has 0 saturated carbocycles. The smallest absolute Gasteiger partial charge is 0.267 e. The van der Waals surface area contributed by atoms with Gasteiger partial charge < -0.3 is 15.7 Å². The van der Waals surface area contributed by atoms with Crippen LogP contribution in [-0.4, -0.2) is 64.9 Å². The Kier molecular flexibility index (Phi) is 6.77. The van der Waals surface area contributed by atoms with Crippen LogP contribution in [0, 0.1) is 0 Å². The van der Waals surface area contributed by atoms with Gasteiger partial charge in [0.15, 0.2) is 0 Å². The van der Waals surface area contributed by atoms with Crippen LogP contribution in [-0.2, 0) is 10.0 Å². The molecule has 1 aliphatic heterocycles. The molecule has 176 valence electrons. The van der Waals surface area contributed by atoms with E-state index in [-0.39, 0.29) is 24.5 Å². The summed E-state index contributed by atoms with van der Waals surface area (Å²) in [5.74, 6) is -0.236. The molecule has 3 aromatic rings. The number of aromatic hydroxyl groups is 1. The van der Waals surface area contributed by atoms with E-state index in [0.29, 0.717) is 40.8 Å². The van der Waals surface area contributed by atoms with Crippen LogP contribution >= 0.6 is 11.6 Å². The van der Waals surface area contributed by atoms with Gasteiger partial charge in [0.25, 0.3) is 5.91 Å². The first kappa shape index (κ1) is 23.6. The minimum atomic E-state index is -3.67. The second-order valence-corrected chi connectivity index (χ2v) is 9.76. The Morgan fingerprint density at radius 1 is 1.03 bits per heavy atom. The van der Waals surface area contributed by atoms with Crippen molar-refractivity contribution in [2.45, 2.75) is 0 Å². The number of halogens is 1. The van der Waals surface area contributed by atoms with Gasteiger partial charge in [0, 0.05) is 66.3 Å². The Labute approximate surface area is 201 Å². The number of aromatic nitrogens is 3. The molecule has 0 unspecified atom stereocenters. The van der Waals surface area contributed by atoms with Crippen molar-refractivity contribution in [3.8, 4) is 16.9 Å². The van der Waals surface area contributed by atoms with Gasteiger partial charge in [-0.3, -0.25) is 9.78 Å². The van der Waals surface area contributed by atoms with Crippen LogP contribution in [0.5, 0.6) is 5.75 Å². The molecule has 1 saturated heterocycles. The summed E-state index contributed by atoms with van der Waals surface area (Å²) in [6.07, 6.45) is 6.10. The SMILES string of the molecule is NC(=O)c1cc(-c2cnc(N3CCN(S(=O)(=O)C=Cc4ccc(Cl)cc4O)CC3)nc2)ccn1. The number of sulfonamides is 1. The van der Waals surface area contributed by atoms with E-state index in [0.717, 1.165) is 5.41 Å². The summed E-state index contributed by atoms with van der Waals surface area (Å²) in [6, 6.07) is 7.77. The number of nitrogens with zero attached hydrogens (tertiary/aromatic N) is 5. The second kappa shape index (κ2) is 9.75. The van der Waals surface area contributed by atoms with Gasteiger partial charge >= 0.3 is 0 Å². The lowest BCUT2D eigenvalue weighted by Crippen LogP contribution is -2.48. The fourth-order valence-electron chi connectivity index (χ4n) is 3.42. The van der Waals surface area contributed by atoms with Gasteiger partial charge in [0.2, 0.25) is 16.0 Å². The van der Waals surface area contributed by atoms with E-state index in [1.165, 1.54) is 22.6 Å². The molecule has 1 aromatic carbocycles. The van der Waals surface area contributed by atoms with Crippen LogP contribution in [0.2, 0.25) is 5.02 Å². The van der Waals surface area contributed by atoms with E-state index >= 15 is 0 Å². The van der Waals surface area contributed by atoms with E-state index in [1.807, 2.05) is 4.90 Å². The standard InChI is InChI=1S/C22H21ClN6O4S/c23-18-2-1-15(20(30)12-18)4-10-34(32,33)29-8-6-28(7-9-29)22-26-13-17(14-27-22)16-3-5-25-19(11-16)21(24)31/h1-5,10-14,30H,6-9H2,(H2,24,31). The number of hydrogen-bond donors (Lipinski definition) is 2. The predicted molar refractivity (Wildman–Crippen MR) is 129 cm³/mol. The van der Waals surface area contributed by atoms with E-state index in [9.17, 15) is 18.3 Å². The Bertz CT molecular complexity index is 1340. The fraction of sp³-hybridized carbons (Fsp3) is 0.182. The molecule has 2 aromatic heterocycles. The maximum atomic E-state index is 12.7. The van der Waals surface area contributed by atoms with Gasteiger partial charge in [-0.2, -0.15) is 4.31 Å². The molecule has 0 radical (unpaired) electrons. The van der Waals surface area contributed by atoms with Crippen LogP contribution in [0.4, 0.5) is 5.95 Å². The molecule has 10 nitrogen and oxygen atoms in total. The molecule has 1 aliphatic rings. The minimum absolute atomic E-state index is 0.0954. The highest BCUT2D eigenvalue weighted by Gasteiger charge is 2.26. The summed E-state index contributed by atoms with van der Waals surface area (Å²) in [5, 5.41) is 11.3. The van der Waals surface area contributed by atoms with Crippen molar-refractivity contribution < 1.29 is 18.3 Å². The predicted octanol–water partition coefficient (Wildman–Crippen LogP) is 2.12. The van der Waals surface area contributed by atoms with Crippen molar-refractivity contribution in [1.29, 1.82) is 0 Å². The molecule has 0 spiro atoms. The highest BCUT2D eigenvalue weighted by Crippen LogP contribution is 2.24. The molecule has 3 heterocycles. The van der Waals surface area contributed by atoms with Crippen molar-refractivity contribution in [2.24, 2.45) is 5.73 Å². The van der Waals surface area contributed by atoms with Crippen LogP contribution in [0.3, 0.4) is 0 Å². The number of pyridine rings is 1. The monoisotopic (exact) mass is 500 g/mol. The number of carbonyl (C=O) groups excluding carboxylic acids is 1.